The molecule has 0 bridgehead atoms. The van der Waals surface area contributed by atoms with Crippen molar-refractivity contribution in [2.75, 3.05) is 7.11 Å². The Kier molecular flexibility index (Phi) is 6.32. The van der Waals surface area contributed by atoms with Gasteiger partial charge in [-0.25, -0.2) is 0 Å². The Morgan fingerprint density at radius 1 is 1.12 bits per heavy atom. The number of hydrogen-bond donors (Lipinski definition) is 1. The third kappa shape index (κ3) is 5.40. The van der Waals surface area contributed by atoms with E-state index in [2.05, 4.69) is 5.32 Å². The lowest BCUT2D eigenvalue weighted by atomic mass is 10.0. The van der Waals surface area contributed by atoms with E-state index in [1.165, 1.54) is 0 Å². The lowest BCUT2D eigenvalue weighted by Crippen LogP contribution is -2.42. The van der Waals surface area contributed by atoms with Crippen molar-refractivity contribution in [2.24, 2.45) is 0 Å². The number of rotatable bonds is 7. The first-order valence-electron chi connectivity index (χ1n) is 8.22. The molecule has 0 aliphatic carbocycles. The maximum absolute atomic E-state index is 12.4. The highest BCUT2D eigenvalue weighted by atomic mass is 35.5. The summed E-state index contributed by atoms with van der Waals surface area (Å²) in [4.78, 5) is 12.4. The summed E-state index contributed by atoms with van der Waals surface area (Å²) in [6.07, 6.45) is 0.845. The molecule has 0 aliphatic heterocycles. The number of amides is 1. The first kappa shape index (κ1) is 19.1. The Hall–Kier alpha value is -2.20. The quantitative estimate of drug-likeness (QED) is 0.767. The van der Waals surface area contributed by atoms with Crippen molar-refractivity contribution in [3.8, 4) is 11.5 Å². The molecule has 2 aromatic carbocycles. The summed E-state index contributed by atoms with van der Waals surface area (Å²) < 4.78 is 11.2. The van der Waals surface area contributed by atoms with Crippen LogP contribution in [0.1, 0.15) is 43.1 Å². The number of ether oxygens (including phenoxy) is 2. The fraction of sp³-hybridized carbons (Fsp3) is 0.350. The molecule has 0 aromatic heterocycles. The number of benzene rings is 2. The Bertz CT molecular complexity index is 726. The lowest BCUT2D eigenvalue weighted by molar-refractivity contribution is 0.0911. The molecule has 0 atom stereocenters. The predicted molar refractivity (Wildman–Crippen MR) is 101 cm³/mol. The molecule has 134 valence electrons. The van der Waals surface area contributed by atoms with Gasteiger partial charge in [-0.2, -0.15) is 0 Å². The molecule has 0 unspecified atom stereocenters. The summed E-state index contributed by atoms with van der Waals surface area (Å²) in [7, 11) is 1.56. The Labute approximate surface area is 154 Å². The first-order chi connectivity index (χ1) is 11.8. The fourth-order valence-corrected chi connectivity index (χ4v) is 2.26. The standard InChI is InChI=1S/C20H24ClNO3/c1-5-20(2,3)22-19(23)15-8-11-17(18(12-15)24-4)25-13-14-6-9-16(21)10-7-14/h6-12H,5,13H2,1-4H3,(H,22,23). The minimum Gasteiger partial charge on any atom is -0.493 e. The average molecular weight is 362 g/mol. The highest BCUT2D eigenvalue weighted by molar-refractivity contribution is 6.30. The van der Waals surface area contributed by atoms with E-state index in [9.17, 15) is 4.79 Å². The predicted octanol–water partition coefficient (Wildman–Crippen LogP) is 4.85. The highest BCUT2D eigenvalue weighted by Gasteiger charge is 2.20. The van der Waals surface area contributed by atoms with Gasteiger partial charge in [0.25, 0.3) is 5.91 Å². The molecule has 0 spiro atoms. The second-order valence-electron chi connectivity index (χ2n) is 6.47. The van der Waals surface area contributed by atoms with Gasteiger partial charge in [0.1, 0.15) is 6.61 Å². The Balaban J connectivity index is 2.10. The SMILES string of the molecule is CCC(C)(C)NC(=O)c1ccc(OCc2ccc(Cl)cc2)c(OC)c1. The Morgan fingerprint density at radius 2 is 1.80 bits per heavy atom. The molecule has 0 fully saturated rings. The molecule has 0 saturated heterocycles. The third-order valence-electron chi connectivity index (χ3n) is 4.07. The van der Waals surface area contributed by atoms with E-state index in [-0.39, 0.29) is 11.4 Å². The van der Waals surface area contributed by atoms with Crippen LogP contribution in [0.5, 0.6) is 11.5 Å². The van der Waals surface area contributed by atoms with Gasteiger partial charge in [-0.15, -0.1) is 0 Å². The van der Waals surface area contributed by atoms with Crippen LogP contribution < -0.4 is 14.8 Å². The molecule has 0 saturated carbocycles. The summed E-state index contributed by atoms with van der Waals surface area (Å²) >= 11 is 5.88. The van der Waals surface area contributed by atoms with Gasteiger partial charge in [-0.1, -0.05) is 30.7 Å². The molecule has 0 aliphatic rings. The average Bonchev–Trinajstić information content (AvgIpc) is 2.60. The molecule has 2 aromatic rings. The zero-order valence-corrected chi connectivity index (χ0v) is 15.8. The number of halogens is 1. The molecular weight excluding hydrogens is 338 g/mol. The zero-order chi connectivity index (χ0) is 18.4. The van der Waals surface area contributed by atoms with E-state index in [1.54, 1.807) is 25.3 Å². The summed E-state index contributed by atoms with van der Waals surface area (Å²) in [5, 5.41) is 3.70. The molecule has 4 nitrogen and oxygen atoms in total. The van der Waals surface area contributed by atoms with E-state index in [4.69, 9.17) is 21.1 Å². The van der Waals surface area contributed by atoms with Crippen LogP contribution in [0, 0.1) is 0 Å². The second kappa shape index (κ2) is 8.26. The molecule has 5 heteroatoms. The first-order valence-corrected chi connectivity index (χ1v) is 8.60. The van der Waals surface area contributed by atoms with Gasteiger partial charge in [-0.05, 0) is 56.2 Å². The van der Waals surface area contributed by atoms with Crippen LogP contribution in [0.4, 0.5) is 0 Å². The fourth-order valence-electron chi connectivity index (χ4n) is 2.14. The van der Waals surface area contributed by atoms with Crippen molar-refractivity contribution in [3.05, 3.63) is 58.6 Å². The van der Waals surface area contributed by atoms with E-state index in [1.807, 2.05) is 45.0 Å². The van der Waals surface area contributed by atoms with Crippen LogP contribution in [-0.2, 0) is 6.61 Å². The topological polar surface area (TPSA) is 47.6 Å². The lowest BCUT2D eigenvalue weighted by Gasteiger charge is -2.24. The smallest absolute Gasteiger partial charge is 0.251 e. The molecule has 0 heterocycles. The summed E-state index contributed by atoms with van der Waals surface area (Å²) in [5.74, 6) is 0.981. The van der Waals surface area contributed by atoms with Crippen LogP contribution >= 0.6 is 11.6 Å². The van der Waals surface area contributed by atoms with Gasteiger partial charge in [-0.3, -0.25) is 4.79 Å². The Morgan fingerprint density at radius 3 is 2.40 bits per heavy atom. The van der Waals surface area contributed by atoms with Crippen molar-refractivity contribution in [2.45, 2.75) is 39.3 Å². The van der Waals surface area contributed by atoms with E-state index in [0.717, 1.165) is 12.0 Å². The van der Waals surface area contributed by atoms with Gasteiger partial charge in [0.05, 0.1) is 7.11 Å². The van der Waals surface area contributed by atoms with Crippen molar-refractivity contribution in [1.82, 2.24) is 5.32 Å². The number of carbonyl (C=O) groups excluding carboxylic acids is 1. The maximum atomic E-state index is 12.4. The van der Waals surface area contributed by atoms with Crippen LogP contribution in [-0.4, -0.2) is 18.6 Å². The monoisotopic (exact) mass is 361 g/mol. The van der Waals surface area contributed by atoms with E-state index < -0.39 is 0 Å². The summed E-state index contributed by atoms with van der Waals surface area (Å²) in [6, 6.07) is 12.6. The highest BCUT2D eigenvalue weighted by Crippen LogP contribution is 2.29. The second-order valence-corrected chi connectivity index (χ2v) is 6.91. The molecule has 2 rings (SSSR count). The van der Waals surface area contributed by atoms with E-state index >= 15 is 0 Å². The van der Waals surface area contributed by atoms with Crippen LogP contribution in [0.25, 0.3) is 0 Å². The minimum absolute atomic E-state index is 0.130. The number of carbonyl (C=O) groups is 1. The number of hydrogen-bond acceptors (Lipinski definition) is 3. The van der Waals surface area contributed by atoms with Gasteiger partial charge < -0.3 is 14.8 Å². The van der Waals surface area contributed by atoms with Crippen molar-refractivity contribution in [3.63, 3.8) is 0 Å². The molecule has 0 radical (unpaired) electrons. The van der Waals surface area contributed by atoms with E-state index in [0.29, 0.717) is 28.7 Å². The molecular formula is C20H24ClNO3. The summed E-state index contributed by atoms with van der Waals surface area (Å²) in [5.41, 5.74) is 1.28. The zero-order valence-electron chi connectivity index (χ0n) is 15.1. The van der Waals surface area contributed by atoms with Gasteiger partial charge >= 0.3 is 0 Å². The van der Waals surface area contributed by atoms with Gasteiger partial charge in [0.15, 0.2) is 11.5 Å². The van der Waals surface area contributed by atoms with Crippen LogP contribution in [0.3, 0.4) is 0 Å². The normalized spacial score (nSPS) is 11.1. The van der Waals surface area contributed by atoms with Gasteiger partial charge in [0, 0.05) is 16.1 Å². The van der Waals surface area contributed by atoms with Crippen LogP contribution in [0.15, 0.2) is 42.5 Å². The van der Waals surface area contributed by atoms with Crippen LogP contribution in [0.2, 0.25) is 5.02 Å². The number of methoxy groups -OCH3 is 1. The summed E-state index contributed by atoms with van der Waals surface area (Å²) in [6.45, 7) is 6.41. The maximum Gasteiger partial charge on any atom is 0.251 e. The largest absolute Gasteiger partial charge is 0.493 e. The van der Waals surface area contributed by atoms with Crippen molar-refractivity contribution < 1.29 is 14.3 Å². The van der Waals surface area contributed by atoms with Gasteiger partial charge in [0.2, 0.25) is 0 Å². The number of nitrogens with one attached hydrogen (secondary N) is 1. The molecule has 25 heavy (non-hydrogen) atoms. The third-order valence-corrected chi connectivity index (χ3v) is 4.32. The minimum atomic E-state index is -0.256. The molecule has 1 N–H and O–H groups in total. The van der Waals surface area contributed by atoms with Crippen molar-refractivity contribution >= 4 is 17.5 Å². The molecule has 1 amide bonds. The van der Waals surface area contributed by atoms with Crippen molar-refractivity contribution in [1.29, 1.82) is 0 Å².